The van der Waals surface area contributed by atoms with E-state index in [0.29, 0.717) is 30.2 Å². The predicted molar refractivity (Wildman–Crippen MR) is 90.3 cm³/mol. The van der Waals surface area contributed by atoms with Gasteiger partial charge in [0.2, 0.25) is 0 Å². The minimum absolute atomic E-state index is 0.465. The fourth-order valence-electron chi connectivity index (χ4n) is 2.11. The molecule has 0 aliphatic rings. The summed E-state index contributed by atoms with van der Waals surface area (Å²) < 4.78 is 0. The van der Waals surface area contributed by atoms with Crippen molar-refractivity contribution in [3.05, 3.63) is 59.4 Å². The number of carbonyl (C=O) groups excluding carboxylic acids is 2. The normalized spacial score (nSPS) is 10.2. The summed E-state index contributed by atoms with van der Waals surface area (Å²) in [7, 11) is 0. The highest BCUT2D eigenvalue weighted by Gasteiger charge is 2.20. The number of carbonyl (C=O) groups is 2. The number of amides is 2. The van der Waals surface area contributed by atoms with Gasteiger partial charge >= 0.3 is 11.8 Å². The molecule has 6 heteroatoms. The smallest absolute Gasteiger partial charge is 0.313 e. The van der Waals surface area contributed by atoms with E-state index in [4.69, 9.17) is 11.6 Å². The van der Waals surface area contributed by atoms with E-state index in [2.05, 4.69) is 10.3 Å². The van der Waals surface area contributed by atoms with E-state index in [1.807, 2.05) is 19.1 Å². The Morgan fingerprint density at radius 1 is 1.22 bits per heavy atom. The van der Waals surface area contributed by atoms with Gasteiger partial charge in [0.15, 0.2) is 0 Å². The molecule has 120 valence electrons. The van der Waals surface area contributed by atoms with Gasteiger partial charge in [0.05, 0.1) is 0 Å². The summed E-state index contributed by atoms with van der Waals surface area (Å²) in [5, 5.41) is 3.07. The highest BCUT2D eigenvalue weighted by molar-refractivity contribution is 6.39. The van der Waals surface area contributed by atoms with E-state index in [-0.39, 0.29) is 0 Å². The van der Waals surface area contributed by atoms with Crippen molar-refractivity contribution >= 4 is 29.1 Å². The topological polar surface area (TPSA) is 62.3 Å². The molecule has 1 aromatic carbocycles. The largest absolute Gasteiger partial charge is 0.334 e. The molecular weight excluding hydrogens is 314 g/mol. The first-order valence-electron chi connectivity index (χ1n) is 7.35. The molecule has 1 heterocycles. The second kappa shape index (κ2) is 8.29. The minimum atomic E-state index is -0.663. The second-order valence-corrected chi connectivity index (χ2v) is 5.39. The number of pyridine rings is 1. The zero-order valence-electron chi connectivity index (χ0n) is 12.8. The van der Waals surface area contributed by atoms with Crippen molar-refractivity contribution in [1.82, 2.24) is 9.88 Å². The van der Waals surface area contributed by atoms with Gasteiger partial charge < -0.3 is 10.2 Å². The van der Waals surface area contributed by atoms with Crippen molar-refractivity contribution < 1.29 is 9.59 Å². The van der Waals surface area contributed by atoms with Crippen LogP contribution in [0.5, 0.6) is 0 Å². The highest BCUT2D eigenvalue weighted by atomic mass is 35.5. The van der Waals surface area contributed by atoms with Crippen molar-refractivity contribution in [3.63, 3.8) is 0 Å². The third kappa shape index (κ3) is 5.07. The van der Waals surface area contributed by atoms with E-state index in [9.17, 15) is 9.59 Å². The molecule has 0 saturated heterocycles. The lowest BCUT2D eigenvalue weighted by molar-refractivity contribution is -0.143. The fourth-order valence-corrected chi connectivity index (χ4v) is 2.30. The third-order valence-electron chi connectivity index (χ3n) is 3.37. The van der Waals surface area contributed by atoms with Crippen LogP contribution in [0.25, 0.3) is 0 Å². The fraction of sp³-hybridized carbons (Fsp3) is 0.235. The molecule has 0 aliphatic heterocycles. The first-order chi connectivity index (χ1) is 11.1. The molecule has 2 amide bonds. The molecule has 0 fully saturated rings. The Hall–Kier alpha value is -2.40. The van der Waals surface area contributed by atoms with E-state index < -0.39 is 11.8 Å². The van der Waals surface area contributed by atoms with Crippen LogP contribution in [0, 0.1) is 0 Å². The Balaban J connectivity index is 1.94. The van der Waals surface area contributed by atoms with Crippen molar-refractivity contribution in [2.75, 3.05) is 18.4 Å². The lowest BCUT2D eigenvalue weighted by Gasteiger charge is -2.20. The first kappa shape index (κ1) is 17.0. The number of nitrogens with zero attached hydrogens (tertiary/aromatic N) is 2. The molecule has 2 rings (SSSR count). The lowest BCUT2D eigenvalue weighted by Crippen LogP contribution is -2.40. The van der Waals surface area contributed by atoms with Crippen LogP contribution in [0.4, 0.5) is 5.69 Å². The van der Waals surface area contributed by atoms with Crippen LogP contribution in [0.2, 0.25) is 5.02 Å². The number of rotatable bonds is 5. The maximum atomic E-state index is 12.3. The zero-order valence-corrected chi connectivity index (χ0v) is 13.6. The van der Waals surface area contributed by atoms with Crippen LogP contribution < -0.4 is 5.32 Å². The van der Waals surface area contributed by atoms with E-state index in [1.54, 1.807) is 36.7 Å². The number of benzene rings is 1. The van der Waals surface area contributed by atoms with Gasteiger partial charge in [0.1, 0.15) is 0 Å². The molecule has 0 atom stereocenters. The van der Waals surface area contributed by atoms with Crippen LogP contribution in [-0.2, 0) is 16.0 Å². The number of halogens is 1. The molecule has 0 aliphatic carbocycles. The standard InChI is InChI=1S/C17H18ClN3O2/c1-2-21(11-8-13-6-9-19-10-7-13)17(23)16(22)20-15-5-3-4-14(18)12-15/h3-7,9-10,12H,2,8,11H2,1H3,(H,20,22). The Kier molecular flexibility index (Phi) is 6.11. The van der Waals surface area contributed by atoms with Gasteiger partial charge in [-0.3, -0.25) is 14.6 Å². The number of hydrogen-bond donors (Lipinski definition) is 1. The third-order valence-corrected chi connectivity index (χ3v) is 3.60. The van der Waals surface area contributed by atoms with Crippen LogP contribution in [0.15, 0.2) is 48.8 Å². The molecular formula is C17H18ClN3O2. The molecule has 5 nitrogen and oxygen atoms in total. The van der Waals surface area contributed by atoms with Crippen LogP contribution >= 0.6 is 11.6 Å². The monoisotopic (exact) mass is 331 g/mol. The quantitative estimate of drug-likeness (QED) is 0.857. The molecule has 1 aromatic heterocycles. The Morgan fingerprint density at radius 2 is 1.96 bits per heavy atom. The van der Waals surface area contributed by atoms with Gasteiger partial charge in [-0.05, 0) is 49.2 Å². The molecule has 0 saturated carbocycles. The summed E-state index contributed by atoms with van der Waals surface area (Å²) in [6, 6.07) is 10.5. The maximum Gasteiger partial charge on any atom is 0.313 e. The minimum Gasteiger partial charge on any atom is -0.334 e. The molecule has 23 heavy (non-hydrogen) atoms. The second-order valence-electron chi connectivity index (χ2n) is 4.95. The molecule has 0 spiro atoms. The number of likely N-dealkylation sites (N-methyl/N-ethyl adjacent to an activating group) is 1. The van der Waals surface area contributed by atoms with Gasteiger partial charge in [-0.25, -0.2) is 0 Å². The summed E-state index contributed by atoms with van der Waals surface area (Å²) in [4.78, 5) is 29.8. The van der Waals surface area contributed by atoms with Gasteiger partial charge in [-0.15, -0.1) is 0 Å². The number of aromatic nitrogens is 1. The molecule has 0 unspecified atom stereocenters. The summed E-state index contributed by atoms with van der Waals surface area (Å²) >= 11 is 5.86. The van der Waals surface area contributed by atoms with Crippen molar-refractivity contribution in [1.29, 1.82) is 0 Å². The average molecular weight is 332 g/mol. The van der Waals surface area contributed by atoms with Crippen molar-refractivity contribution in [2.45, 2.75) is 13.3 Å². The highest BCUT2D eigenvalue weighted by Crippen LogP contribution is 2.15. The van der Waals surface area contributed by atoms with E-state index in [0.717, 1.165) is 5.56 Å². The number of nitrogens with one attached hydrogen (secondary N) is 1. The van der Waals surface area contributed by atoms with E-state index >= 15 is 0 Å². The molecule has 0 radical (unpaired) electrons. The predicted octanol–water partition coefficient (Wildman–Crippen LogP) is 2.76. The average Bonchev–Trinajstić information content (AvgIpc) is 2.56. The van der Waals surface area contributed by atoms with Gasteiger partial charge in [-0.1, -0.05) is 17.7 Å². The number of hydrogen-bond acceptors (Lipinski definition) is 3. The lowest BCUT2D eigenvalue weighted by atomic mass is 10.2. The van der Waals surface area contributed by atoms with Crippen LogP contribution in [-0.4, -0.2) is 34.8 Å². The van der Waals surface area contributed by atoms with Crippen LogP contribution in [0.1, 0.15) is 12.5 Å². The van der Waals surface area contributed by atoms with E-state index in [1.165, 1.54) is 4.90 Å². The van der Waals surface area contributed by atoms with Gasteiger partial charge in [0.25, 0.3) is 0 Å². The van der Waals surface area contributed by atoms with Gasteiger partial charge in [0, 0.05) is 36.2 Å². The van der Waals surface area contributed by atoms with Crippen molar-refractivity contribution in [2.24, 2.45) is 0 Å². The van der Waals surface area contributed by atoms with Gasteiger partial charge in [-0.2, -0.15) is 0 Å². The van der Waals surface area contributed by atoms with Crippen molar-refractivity contribution in [3.8, 4) is 0 Å². The summed E-state index contributed by atoms with van der Waals surface area (Å²) in [6.07, 6.45) is 4.09. The Morgan fingerprint density at radius 3 is 2.61 bits per heavy atom. The summed E-state index contributed by atoms with van der Waals surface area (Å²) in [5.41, 5.74) is 1.57. The molecule has 1 N–H and O–H groups in total. The molecule has 2 aromatic rings. The SMILES string of the molecule is CCN(CCc1ccncc1)C(=O)C(=O)Nc1cccc(Cl)c1. The summed E-state index contributed by atoms with van der Waals surface area (Å²) in [5.74, 6) is -1.22. The maximum absolute atomic E-state index is 12.3. The Bertz CT molecular complexity index is 677. The molecule has 0 bridgehead atoms. The van der Waals surface area contributed by atoms with Crippen LogP contribution in [0.3, 0.4) is 0 Å². The zero-order chi connectivity index (χ0) is 16.7. The summed E-state index contributed by atoms with van der Waals surface area (Å²) in [6.45, 7) is 2.78. The Labute approximate surface area is 140 Å². The first-order valence-corrected chi connectivity index (χ1v) is 7.72. The number of anilines is 1.